The summed E-state index contributed by atoms with van der Waals surface area (Å²) in [5, 5.41) is 0.637. The molecule has 0 atom stereocenters. The molecule has 27 heavy (non-hydrogen) atoms. The Morgan fingerprint density at radius 2 is 1.67 bits per heavy atom. The number of rotatable bonds is 3. The van der Waals surface area contributed by atoms with Crippen LogP contribution in [0, 0.1) is 13.8 Å². The van der Waals surface area contributed by atoms with Gasteiger partial charge in [0.25, 0.3) is 0 Å². The molecule has 4 nitrogen and oxygen atoms in total. The second kappa shape index (κ2) is 6.90. The first-order valence-corrected chi connectivity index (χ1v) is 8.03. The number of ether oxygens (including phenoxy) is 1. The number of alkyl halides is 3. The van der Waals surface area contributed by atoms with Crippen LogP contribution in [0.2, 0.25) is 0 Å². The van der Waals surface area contributed by atoms with Gasteiger partial charge in [-0.05, 0) is 61.4 Å². The van der Waals surface area contributed by atoms with E-state index >= 15 is 0 Å². The number of hydrogen-bond donors (Lipinski definition) is 0. The molecule has 1 heterocycles. The highest BCUT2D eigenvalue weighted by molar-refractivity contribution is 5.89. The second-order valence-electron chi connectivity index (χ2n) is 6.17. The lowest BCUT2D eigenvalue weighted by molar-refractivity contribution is -0.137. The Morgan fingerprint density at radius 3 is 2.30 bits per heavy atom. The van der Waals surface area contributed by atoms with Gasteiger partial charge in [0.15, 0.2) is 0 Å². The van der Waals surface area contributed by atoms with Crippen LogP contribution >= 0.6 is 0 Å². The van der Waals surface area contributed by atoms with Crippen molar-refractivity contribution in [2.75, 3.05) is 0 Å². The molecule has 7 heteroatoms. The van der Waals surface area contributed by atoms with Gasteiger partial charge in [-0.2, -0.15) is 13.2 Å². The minimum Gasteiger partial charge on any atom is -0.457 e. The van der Waals surface area contributed by atoms with Crippen LogP contribution < -0.4 is 5.63 Å². The van der Waals surface area contributed by atoms with E-state index in [4.69, 9.17) is 9.15 Å². The predicted octanol–water partition coefficient (Wildman–Crippen LogP) is 4.79. The molecular formula is C20H15F3O4. The first-order valence-electron chi connectivity index (χ1n) is 8.03. The van der Waals surface area contributed by atoms with Crippen LogP contribution in [0.4, 0.5) is 13.2 Å². The smallest absolute Gasteiger partial charge is 0.416 e. The molecule has 0 amide bonds. The van der Waals surface area contributed by atoms with Crippen LogP contribution in [0.3, 0.4) is 0 Å². The Balaban J connectivity index is 1.83. The highest BCUT2D eigenvalue weighted by atomic mass is 19.4. The lowest BCUT2D eigenvalue weighted by atomic mass is 10.0. The van der Waals surface area contributed by atoms with E-state index in [-0.39, 0.29) is 12.2 Å². The molecule has 1 aromatic heterocycles. The topological polar surface area (TPSA) is 56.5 Å². The van der Waals surface area contributed by atoms with Crippen LogP contribution in [-0.4, -0.2) is 5.97 Å². The maximum atomic E-state index is 12.6. The van der Waals surface area contributed by atoms with Crippen LogP contribution in [0.25, 0.3) is 11.0 Å². The molecule has 0 saturated heterocycles. The van der Waals surface area contributed by atoms with E-state index in [1.54, 1.807) is 6.07 Å². The summed E-state index contributed by atoms with van der Waals surface area (Å²) in [6.07, 6.45) is -4.48. The van der Waals surface area contributed by atoms with E-state index in [0.29, 0.717) is 16.5 Å². The van der Waals surface area contributed by atoms with Gasteiger partial charge in [-0.1, -0.05) is 0 Å². The van der Waals surface area contributed by atoms with Gasteiger partial charge in [0.1, 0.15) is 12.2 Å². The van der Waals surface area contributed by atoms with Crippen molar-refractivity contribution < 1.29 is 27.1 Å². The third kappa shape index (κ3) is 4.02. The average molecular weight is 376 g/mol. The van der Waals surface area contributed by atoms with Gasteiger partial charge in [-0.3, -0.25) is 0 Å². The van der Waals surface area contributed by atoms with Gasteiger partial charge in [-0.25, -0.2) is 9.59 Å². The molecule has 2 aromatic carbocycles. The average Bonchev–Trinajstić information content (AvgIpc) is 2.60. The number of esters is 1. The molecule has 3 rings (SSSR count). The third-order valence-electron chi connectivity index (χ3n) is 4.25. The summed E-state index contributed by atoms with van der Waals surface area (Å²) >= 11 is 0. The Labute approximate surface area is 152 Å². The van der Waals surface area contributed by atoms with Crippen molar-refractivity contribution in [3.8, 4) is 0 Å². The number of aryl methyl sites for hydroxylation is 2. The molecule has 0 spiro atoms. The third-order valence-corrected chi connectivity index (χ3v) is 4.25. The number of fused-ring (bicyclic) bond motifs is 1. The molecule has 0 unspecified atom stereocenters. The number of carbonyl (C=O) groups is 1. The lowest BCUT2D eigenvalue weighted by Gasteiger charge is -2.10. The van der Waals surface area contributed by atoms with Crippen molar-refractivity contribution in [3.63, 3.8) is 0 Å². The molecule has 0 fully saturated rings. The zero-order chi connectivity index (χ0) is 19.8. The molecule has 0 bridgehead atoms. The fourth-order valence-corrected chi connectivity index (χ4v) is 2.62. The minimum atomic E-state index is -4.48. The van der Waals surface area contributed by atoms with Crippen LogP contribution in [-0.2, 0) is 17.5 Å². The maximum absolute atomic E-state index is 12.6. The second-order valence-corrected chi connectivity index (χ2v) is 6.17. The summed E-state index contributed by atoms with van der Waals surface area (Å²) in [5.74, 6) is -0.783. The first kappa shape index (κ1) is 18.7. The lowest BCUT2D eigenvalue weighted by Crippen LogP contribution is -2.09. The summed E-state index contributed by atoms with van der Waals surface area (Å²) in [7, 11) is 0. The van der Waals surface area contributed by atoms with E-state index in [9.17, 15) is 22.8 Å². The number of benzene rings is 2. The fraction of sp³-hybridized carbons (Fsp3) is 0.200. The van der Waals surface area contributed by atoms with Gasteiger partial charge in [0.2, 0.25) is 0 Å². The Hall–Kier alpha value is -3.09. The summed E-state index contributed by atoms with van der Waals surface area (Å²) in [5.41, 5.74) is 1.33. The minimum absolute atomic E-state index is 0.0118. The molecule has 0 radical (unpaired) electrons. The van der Waals surface area contributed by atoms with Crippen LogP contribution in [0.1, 0.15) is 32.6 Å². The Kier molecular flexibility index (Phi) is 4.78. The van der Waals surface area contributed by atoms with Crippen molar-refractivity contribution in [3.05, 3.63) is 80.7 Å². The van der Waals surface area contributed by atoms with E-state index in [2.05, 4.69) is 0 Å². The number of carbonyl (C=O) groups excluding carboxylic acids is 1. The standard InChI is InChI=1S/C20H15F3O4/c1-11-7-16-14(9-18(24)27-17(16)8-12(11)2)10-26-19(25)13-3-5-15(6-4-13)20(21,22)23/h3-9H,10H2,1-2H3. The molecule has 0 N–H and O–H groups in total. The SMILES string of the molecule is Cc1cc2oc(=O)cc(COC(=O)c3ccc(C(F)(F)F)cc3)c2cc1C. The molecule has 0 aliphatic carbocycles. The van der Waals surface area contributed by atoms with Crippen molar-refractivity contribution in [1.29, 1.82) is 0 Å². The number of halogens is 3. The molecule has 3 aromatic rings. The monoisotopic (exact) mass is 376 g/mol. The van der Waals surface area contributed by atoms with E-state index in [1.807, 2.05) is 19.9 Å². The van der Waals surface area contributed by atoms with Gasteiger partial charge >= 0.3 is 17.8 Å². The Morgan fingerprint density at radius 1 is 1.04 bits per heavy atom. The summed E-state index contributed by atoms with van der Waals surface area (Å²) in [4.78, 5) is 23.8. The highest BCUT2D eigenvalue weighted by Gasteiger charge is 2.30. The number of hydrogen-bond acceptors (Lipinski definition) is 4. The molecule has 140 valence electrons. The summed E-state index contributed by atoms with van der Waals surface area (Å²) in [6, 6.07) is 8.52. The normalized spacial score (nSPS) is 11.6. The van der Waals surface area contributed by atoms with E-state index in [1.165, 1.54) is 6.07 Å². The van der Waals surface area contributed by atoms with Crippen molar-refractivity contribution >= 4 is 16.9 Å². The Bertz CT molecular complexity index is 1060. The van der Waals surface area contributed by atoms with Gasteiger partial charge in [-0.15, -0.1) is 0 Å². The zero-order valence-electron chi connectivity index (χ0n) is 14.5. The molecule has 0 saturated carbocycles. The summed E-state index contributed by atoms with van der Waals surface area (Å²) in [6.45, 7) is 3.58. The highest BCUT2D eigenvalue weighted by Crippen LogP contribution is 2.29. The van der Waals surface area contributed by atoms with Crippen molar-refractivity contribution in [1.82, 2.24) is 0 Å². The molecule has 0 aliphatic rings. The fourth-order valence-electron chi connectivity index (χ4n) is 2.62. The van der Waals surface area contributed by atoms with Crippen LogP contribution in [0.5, 0.6) is 0 Å². The molecular weight excluding hydrogens is 361 g/mol. The molecule has 0 aliphatic heterocycles. The first-order chi connectivity index (χ1) is 12.6. The van der Waals surface area contributed by atoms with Crippen molar-refractivity contribution in [2.24, 2.45) is 0 Å². The largest absolute Gasteiger partial charge is 0.457 e. The van der Waals surface area contributed by atoms with Crippen molar-refractivity contribution in [2.45, 2.75) is 26.6 Å². The van der Waals surface area contributed by atoms with Crippen LogP contribution in [0.15, 0.2) is 51.7 Å². The van der Waals surface area contributed by atoms with Gasteiger partial charge < -0.3 is 9.15 Å². The van der Waals surface area contributed by atoms with Gasteiger partial charge in [0, 0.05) is 17.0 Å². The summed E-state index contributed by atoms with van der Waals surface area (Å²) < 4.78 is 48.1. The predicted molar refractivity (Wildman–Crippen MR) is 92.5 cm³/mol. The maximum Gasteiger partial charge on any atom is 0.416 e. The zero-order valence-corrected chi connectivity index (χ0v) is 14.5. The van der Waals surface area contributed by atoms with E-state index < -0.39 is 23.3 Å². The quantitative estimate of drug-likeness (QED) is 0.487. The van der Waals surface area contributed by atoms with Gasteiger partial charge in [0.05, 0.1) is 11.1 Å². The van der Waals surface area contributed by atoms with E-state index in [0.717, 1.165) is 35.4 Å².